The number of carbonyl (C=O) groups is 2. The van der Waals surface area contributed by atoms with E-state index in [9.17, 15) is 30.1 Å². The minimum atomic E-state index is -1.08. The number of aromatic hydroxyl groups is 1. The molecule has 3 rings (SSSR count). The maximum atomic E-state index is 12.1. The Bertz CT molecular complexity index is 1070. The van der Waals surface area contributed by atoms with E-state index >= 15 is 0 Å². The first kappa shape index (κ1) is 20.0. The van der Waals surface area contributed by atoms with Crippen molar-refractivity contribution in [3.8, 4) is 11.8 Å². The number of benzene rings is 1. The van der Waals surface area contributed by atoms with Crippen LogP contribution in [0.15, 0.2) is 23.3 Å². The van der Waals surface area contributed by atoms with Gasteiger partial charge in [-0.25, -0.2) is 5.43 Å². The molecule has 148 valence electrons. The summed E-state index contributed by atoms with van der Waals surface area (Å²) in [5.74, 6) is -2.36. The van der Waals surface area contributed by atoms with E-state index in [4.69, 9.17) is 0 Å². The molecule has 0 unspecified atom stereocenters. The number of nitriles is 1. The number of hydrogen-bond acceptors (Lipinski definition) is 8. The number of phenolic OH excluding ortho intramolecular Hbond substituents is 1. The van der Waals surface area contributed by atoms with Gasteiger partial charge in [-0.2, -0.15) is 10.4 Å². The van der Waals surface area contributed by atoms with Gasteiger partial charge in [0.2, 0.25) is 0 Å². The maximum Gasteiger partial charge on any atom is 0.329 e. The number of phenols is 1. The van der Waals surface area contributed by atoms with Gasteiger partial charge in [-0.05, 0) is 37.3 Å². The number of non-ortho nitro benzene ring substituents is 1. The number of anilines is 1. The molecule has 0 spiro atoms. The summed E-state index contributed by atoms with van der Waals surface area (Å²) in [6, 6.07) is 5.39. The maximum absolute atomic E-state index is 12.1. The number of rotatable bonds is 4. The summed E-state index contributed by atoms with van der Waals surface area (Å²) >= 11 is 1.29. The Morgan fingerprint density at radius 3 is 2.79 bits per heavy atom. The monoisotopic (exact) mass is 413 g/mol. The first-order chi connectivity index (χ1) is 13.9. The molecular formula is C18H15N5O5S. The third-order valence-corrected chi connectivity index (χ3v) is 5.52. The summed E-state index contributed by atoms with van der Waals surface area (Å²) in [5.41, 5.74) is 3.03. The lowest BCUT2D eigenvalue weighted by Crippen LogP contribution is -2.32. The van der Waals surface area contributed by atoms with Crippen LogP contribution in [0.5, 0.6) is 5.75 Å². The van der Waals surface area contributed by atoms with Crippen molar-refractivity contribution in [2.45, 2.75) is 25.7 Å². The highest BCUT2D eigenvalue weighted by molar-refractivity contribution is 7.16. The minimum absolute atomic E-state index is 0.00222. The molecule has 10 nitrogen and oxygen atoms in total. The van der Waals surface area contributed by atoms with Gasteiger partial charge in [-0.15, -0.1) is 11.3 Å². The molecule has 0 atom stereocenters. The predicted octanol–water partition coefficient (Wildman–Crippen LogP) is 2.20. The molecule has 0 fully saturated rings. The van der Waals surface area contributed by atoms with E-state index < -0.39 is 16.7 Å². The van der Waals surface area contributed by atoms with Gasteiger partial charge in [-0.1, -0.05) is 0 Å². The number of fused-ring (bicyclic) bond motifs is 1. The number of carbonyl (C=O) groups excluding carboxylic acids is 2. The Morgan fingerprint density at radius 2 is 2.07 bits per heavy atom. The van der Waals surface area contributed by atoms with E-state index in [0.717, 1.165) is 60.5 Å². The molecule has 3 N–H and O–H groups in total. The van der Waals surface area contributed by atoms with Crippen molar-refractivity contribution in [3.63, 3.8) is 0 Å². The molecule has 1 aliphatic rings. The summed E-state index contributed by atoms with van der Waals surface area (Å²) in [5, 5.41) is 36.1. The van der Waals surface area contributed by atoms with Crippen molar-refractivity contribution in [2.24, 2.45) is 5.10 Å². The van der Waals surface area contributed by atoms with E-state index in [0.29, 0.717) is 10.6 Å². The van der Waals surface area contributed by atoms with Crippen LogP contribution in [0.4, 0.5) is 10.7 Å². The molecule has 0 radical (unpaired) electrons. The smallest absolute Gasteiger partial charge is 0.329 e. The molecule has 1 heterocycles. The Hall–Kier alpha value is -3.78. The summed E-state index contributed by atoms with van der Waals surface area (Å²) < 4.78 is 0. The van der Waals surface area contributed by atoms with Gasteiger partial charge in [0, 0.05) is 22.6 Å². The second kappa shape index (κ2) is 8.49. The number of thiophene rings is 1. The Balaban J connectivity index is 1.66. The zero-order valence-electron chi connectivity index (χ0n) is 15.0. The van der Waals surface area contributed by atoms with Crippen LogP contribution >= 0.6 is 11.3 Å². The van der Waals surface area contributed by atoms with Crippen molar-refractivity contribution >= 4 is 40.1 Å². The number of hydrogen-bond donors (Lipinski definition) is 3. The lowest BCUT2D eigenvalue weighted by molar-refractivity contribution is -0.384. The average molecular weight is 413 g/mol. The number of aryl methyl sites for hydroxylation is 1. The normalized spacial score (nSPS) is 12.8. The van der Waals surface area contributed by atoms with Crippen LogP contribution in [0.3, 0.4) is 0 Å². The fraction of sp³-hybridized carbons (Fsp3) is 0.222. The van der Waals surface area contributed by atoms with Gasteiger partial charge in [0.1, 0.15) is 16.8 Å². The van der Waals surface area contributed by atoms with Crippen molar-refractivity contribution < 1.29 is 19.6 Å². The van der Waals surface area contributed by atoms with Crippen LogP contribution in [0, 0.1) is 21.4 Å². The molecule has 0 saturated heterocycles. The number of nitrogens with zero attached hydrogens (tertiary/aromatic N) is 3. The number of nitrogens with one attached hydrogen (secondary N) is 2. The first-order valence-electron chi connectivity index (χ1n) is 8.57. The molecule has 1 aromatic carbocycles. The number of hydrazone groups is 1. The van der Waals surface area contributed by atoms with E-state index in [1.165, 1.54) is 11.3 Å². The van der Waals surface area contributed by atoms with Crippen LogP contribution in [0.25, 0.3) is 0 Å². The van der Waals surface area contributed by atoms with Gasteiger partial charge in [0.25, 0.3) is 5.69 Å². The largest absolute Gasteiger partial charge is 0.507 e. The molecule has 2 amide bonds. The quantitative estimate of drug-likeness (QED) is 0.302. The van der Waals surface area contributed by atoms with Crippen LogP contribution < -0.4 is 10.7 Å². The third-order valence-electron chi connectivity index (χ3n) is 4.31. The number of nitro benzene ring substituents is 1. The standard InChI is InChI=1S/C18H15N5O5S/c19-8-13-12-3-1-2-4-15(12)29-18(13)21-16(25)17(26)22-20-9-10-7-11(23(27)28)5-6-14(10)24/h5-7,9,24H,1-4H2,(H,21,25)(H,22,26)/b20-9-. The summed E-state index contributed by atoms with van der Waals surface area (Å²) in [7, 11) is 0. The van der Waals surface area contributed by atoms with Crippen molar-refractivity contribution in [1.29, 1.82) is 5.26 Å². The van der Waals surface area contributed by atoms with Gasteiger partial charge in [0.15, 0.2) is 0 Å². The molecule has 1 aromatic heterocycles. The molecule has 2 aromatic rings. The van der Waals surface area contributed by atoms with Crippen molar-refractivity contribution in [1.82, 2.24) is 5.43 Å². The molecule has 11 heteroatoms. The summed E-state index contributed by atoms with van der Waals surface area (Å²) in [4.78, 5) is 35.2. The van der Waals surface area contributed by atoms with Crippen molar-refractivity contribution in [3.05, 3.63) is 49.9 Å². The first-order valence-corrected chi connectivity index (χ1v) is 9.38. The molecule has 0 bridgehead atoms. The van der Waals surface area contributed by atoms with Gasteiger partial charge in [-0.3, -0.25) is 19.7 Å². The fourth-order valence-electron chi connectivity index (χ4n) is 2.90. The van der Waals surface area contributed by atoms with Gasteiger partial charge >= 0.3 is 11.8 Å². The second-order valence-corrected chi connectivity index (χ2v) is 7.29. The molecule has 29 heavy (non-hydrogen) atoms. The average Bonchev–Trinajstić information content (AvgIpc) is 3.05. The number of nitro groups is 1. The highest BCUT2D eigenvalue weighted by atomic mass is 32.1. The second-order valence-electron chi connectivity index (χ2n) is 6.18. The molecular weight excluding hydrogens is 398 g/mol. The van der Waals surface area contributed by atoms with Gasteiger partial charge in [0.05, 0.1) is 16.7 Å². The minimum Gasteiger partial charge on any atom is -0.507 e. The van der Waals surface area contributed by atoms with Crippen LogP contribution in [-0.2, 0) is 22.4 Å². The summed E-state index contributed by atoms with van der Waals surface area (Å²) in [6.07, 6.45) is 4.59. The van der Waals surface area contributed by atoms with Crippen LogP contribution in [0.2, 0.25) is 0 Å². The molecule has 1 aliphatic carbocycles. The Labute approximate surface area is 168 Å². The van der Waals surface area contributed by atoms with Crippen molar-refractivity contribution in [2.75, 3.05) is 5.32 Å². The van der Waals surface area contributed by atoms with E-state index in [1.54, 1.807) is 0 Å². The molecule has 0 saturated carbocycles. The summed E-state index contributed by atoms with van der Waals surface area (Å²) in [6.45, 7) is 0. The number of amides is 2. The van der Waals surface area contributed by atoms with E-state index in [1.807, 2.05) is 5.43 Å². The SMILES string of the molecule is N#Cc1c(NC(=O)C(=O)N/N=C\c2cc([N+](=O)[O-])ccc2O)sc2c1CCCC2. The highest BCUT2D eigenvalue weighted by Gasteiger charge is 2.23. The lowest BCUT2D eigenvalue weighted by Gasteiger charge is -2.09. The predicted molar refractivity (Wildman–Crippen MR) is 105 cm³/mol. The Kier molecular flexibility index (Phi) is 5.85. The third kappa shape index (κ3) is 4.39. The van der Waals surface area contributed by atoms with E-state index in [2.05, 4.69) is 16.5 Å². The van der Waals surface area contributed by atoms with E-state index in [-0.39, 0.29) is 17.0 Å². The Morgan fingerprint density at radius 1 is 1.31 bits per heavy atom. The fourth-order valence-corrected chi connectivity index (χ4v) is 4.14. The molecule has 0 aliphatic heterocycles. The topological polar surface area (TPSA) is 158 Å². The van der Waals surface area contributed by atoms with Gasteiger partial charge < -0.3 is 10.4 Å². The highest BCUT2D eigenvalue weighted by Crippen LogP contribution is 2.37. The zero-order chi connectivity index (χ0) is 21.0. The van der Waals surface area contributed by atoms with Crippen LogP contribution in [0.1, 0.15) is 34.4 Å². The van der Waals surface area contributed by atoms with Crippen LogP contribution in [-0.4, -0.2) is 28.1 Å². The lowest BCUT2D eigenvalue weighted by atomic mass is 9.96. The zero-order valence-corrected chi connectivity index (χ0v) is 15.8.